The molecule has 0 aromatic rings. The fourth-order valence-corrected chi connectivity index (χ4v) is 0.532. The van der Waals surface area contributed by atoms with Gasteiger partial charge in [0, 0.05) is 7.11 Å². The molecule has 0 saturated carbocycles. The highest BCUT2D eigenvalue weighted by atomic mass is 16.7. The van der Waals surface area contributed by atoms with Gasteiger partial charge in [-0.25, -0.2) is 0 Å². The van der Waals surface area contributed by atoms with Crippen LogP contribution in [0.1, 0.15) is 20.8 Å². The molecular formula is C7H15NO3. The van der Waals surface area contributed by atoms with E-state index in [1.54, 1.807) is 20.8 Å². The van der Waals surface area contributed by atoms with Gasteiger partial charge in [0.15, 0.2) is 5.79 Å². The molecule has 0 rings (SSSR count). The van der Waals surface area contributed by atoms with Crippen molar-refractivity contribution in [3.05, 3.63) is 0 Å². The van der Waals surface area contributed by atoms with Crippen molar-refractivity contribution in [2.75, 3.05) is 7.11 Å². The average Bonchev–Trinajstić information content (AvgIpc) is 1.87. The number of nitrogens with two attached hydrogens (primary N) is 1. The molecule has 0 bridgehead atoms. The zero-order valence-electron chi connectivity index (χ0n) is 7.38. The van der Waals surface area contributed by atoms with Gasteiger partial charge in [-0.15, -0.1) is 0 Å². The Balaban J connectivity index is 3.93. The molecule has 66 valence electrons. The molecule has 0 saturated heterocycles. The summed E-state index contributed by atoms with van der Waals surface area (Å²) in [5.41, 5.74) is 4.98. The summed E-state index contributed by atoms with van der Waals surface area (Å²) in [7, 11) is 1.51. The maximum atomic E-state index is 10.5. The third-order valence-corrected chi connectivity index (χ3v) is 1.35. The summed E-state index contributed by atoms with van der Waals surface area (Å²) in [5.74, 6) is -1.25. The van der Waals surface area contributed by atoms with Crippen LogP contribution in [0.25, 0.3) is 0 Å². The predicted molar refractivity (Wildman–Crippen MR) is 40.8 cm³/mol. The van der Waals surface area contributed by atoms with Gasteiger partial charge in [0.05, 0.1) is 0 Å². The number of ether oxygens (including phenoxy) is 2. The van der Waals surface area contributed by atoms with Crippen LogP contribution in [0.2, 0.25) is 0 Å². The van der Waals surface area contributed by atoms with E-state index >= 15 is 0 Å². The molecule has 0 fully saturated rings. The summed E-state index contributed by atoms with van der Waals surface area (Å²) in [5, 5.41) is 0. The number of methoxy groups -OCH3 is 1. The molecule has 0 radical (unpaired) electrons. The fraction of sp³-hybridized carbons (Fsp3) is 0.857. The second-order valence-electron chi connectivity index (χ2n) is 2.77. The Morgan fingerprint density at radius 3 is 2.27 bits per heavy atom. The van der Waals surface area contributed by atoms with Crippen LogP contribution in [0, 0.1) is 0 Å². The lowest BCUT2D eigenvalue weighted by molar-refractivity contribution is -0.218. The van der Waals surface area contributed by atoms with Gasteiger partial charge in [0.2, 0.25) is 5.91 Å². The number of amides is 1. The zero-order chi connectivity index (χ0) is 9.07. The highest BCUT2D eigenvalue weighted by molar-refractivity contribution is 5.78. The van der Waals surface area contributed by atoms with Crippen LogP contribution >= 0.6 is 0 Å². The van der Waals surface area contributed by atoms with Gasteiger partial charge in [-0.1, -0.05) is 0 Å². The van der Waals surface area contributed by atoms with Crippen LogP contribution in [0.3, 0.4) is 0 Å². The van der Waals surface area contributed by atoms with Crippen LogP contribution in [-0.4, -0.2) is 24.9 Å². The second kappa shape index (κ2) is 3.69. The lowest BCUT2D eigenvalue weighted by Gasteiger charge is -2.25. The molecule has 1 unspecified atom stereocenters. The lowest BCUT2D eigenvalue weighted by atomic mass is 10.3. The van der Waals surface area contributed by atoms with Gasteiger partial charge in [0.1, 0.15) is 6.10 Å². The van der Waals surface area contributed by atoms with Crippen molar-refractivity contribution in [1.29, 1.82) is 0 Å². The van der Waals surface area contributed by atoms with E-state index in [1.807, 2.05) is 0 Å². The quantitative estimate of drug-likeness (QED) is 0.601. The molecule has 0 aliphatic rings. The maximum absolute atomic E-state index is 10.5. The zero-order valence-corrected chi connectivity index (χ0v) is 7.38. The first kappa shape index (κ1) is 10.4. The van der Waals surface area contributed by atoms with E-state index in [-0.39, 0.29) is 0 Å². The Hall–Kier alpha value is -0.610. The first-order chi connectivity index (χ1) is 4.89. The normalized spacial score (nSPS) is 14.5. The molecule has 0 spiro atoms. The van der Waals surface area contributed by atoms with E-state index in [1.165, 1.54) is 7.11 Å². The molecule has 1 atom stereocenters. The number of hydrogen-bond acceptors (Lipinski definition) is 3. The third-order valence-electron chi connectivity index (χ3n) is 1.35. The summed E-state index contributed by atoms with van der Waals surface area (Å²) >= 11 is 0. The molecule has 0 aromatic carbocycles. The van der Waals surface area contributed by atoms with Crippen molar-refractivity contribution in [2.24, 2.45) is 5.73 Å². The van der Waals surface area contributed by atoms with Crippen molar-refractivity contribution < 1.29 is 14.3 Å². The smallest absolute Gasteiger partial charge is 0.246 e. The Kier molecular flexibility index (Phi) is 3.48. The van der Waals surface area contributed by atoms with E-state index < -0.39 is 17.8 Å². The molecule has 0 aliphatic carbocycles. The molecule has 0 heterocycles. The number of carbonyl (C=O) groups excluding carboxylic acids is 1. The Bertz CT molecular complexity index is 145. The molecular weight excluding hydrogens is 146 g/mol. The third kappa shape index (κ3) is 3.95. The van der Waals surface area contributed by atoms with Gasteiger partial charge in [-0.05, 0) is 20.8 Å². The minimum Gasteiger partial charge on any atom is -0.367 e. The highest BCUT2D eigenvalue weighted by Crippen LogP contribution is 2.11. The van der Waals surface area contributed by atoms with Crippen molar-refractivity contribution in [2.45, 2.75) is 32.7 Å². The van der Waals surface area contributed by atoms with E-state index in [4.69, 9.17) is 15.2 Å². The van der Waals surface area contributed by atoms with E-state index in [2.05, 4.69) is 0 Å². The monoisotopic (exact) mass is 161 g/mol. The van der Waals surface area contributed by atoms with E-state index in [9.17, 15) is 4.79 Å². The second-order valence-corrected chi connectivity index (χ2v) is 2.77. The number of rotatable bonds is 4. The Morgan fingerprint density at radius 2 is 2.00 bits per heavy atom. The molecule has 4 heteroatoms. The van der Waals surface area contributed by atoms with Gasteiger partial charge in [0.25, 0.3) is 0 Å². The summed E-state index contributed by atoms with van der Waals surface area (Å²) < 4.78 is 10.1. The predicted octanol–water partition coefficient (Wildman–Crippen LogP) is 0.259. The summed E-state index contributed by atoms with van der Waals surface area (Å²) in [6, 6.07) is 0. The molecule has 0 aliphatic heterocycles. The first-order valence-corrected chi connectivity index (χ1v) is 3.41. The fourth-order valence-electron chi connectivity index (χ4n) is 0.532. The van der Waals surface area contributed by atoms with Gasteiger partial charge >= 0.3 is 0 Å². The summed E-state index contributed by atoms with van der Waals surface area (Å²) in [6.07, 6.45) is -0.620. The highest BCUT2D eigenvalue weighted by Gasteiger charge is 2.22. The molecule has 0 aromatic heterocycles. The van der Waals surface area contributed by atoms with E-state index in [0.717, 1.165) is 0 Å². The minimum absolute atomic E-state index is 0.491. The Morgan fingerprint density at radius 1 is 1.55 bits per heavy atom. The Labute approximate surface area is 66.7 Å². The number of primary amides is 1. The van der Waals surface area contributed by atoms with Crippen LogP contribution < -0.4 is 5.73 Å². The number of hydrogen-bond donors (Lipinski definition) is 1. The first-order valence-electron chi connectivity index (χ1n) is 3.41. The topological polar surface area (TPSA) is 61.6 Å². The van der Waals surface area contributed by atoms with Crippen molar-refractivity contribution in [1.82, 2.24) is 0 Å². The standard InChI is InChI=1S/C7H15NO3/c1-5(6(8)9)11-7(2,3)10-4/h5H,1-4H3,(H2,8,9). The van der Waals surface area contributed by atoms with Gasteiger partial charge in [-0.2, -0.15) is 0 Å². The average molecular weight is 161 g/mol. The molecule has 11 heavy (non-hydrogen) atoms. The van der Waals surface area contributed by atoms with Crippen LogP contribution in [0.4, 0.5) is 0 Å². The van der Waals surface area contributed by atoms with Crippen LogP contribution in [0.5, 0.6) is 0 Å². The van der Waals surface area contributed by atoms with Crippen LogP contribution in [-0.2, 0) is 14.3 Å². The molecule has 2 N–H and O–H groups in total. The largest absolute Gasteiger partial charge is 0.367 e. The maximum Gasteiger partial charge on any atom is 0.246 e. The van der Waals surface area contributed by atoms with Crippen molar-refractivity contribution in [3.63, 3.8) is 0 Å². The van der Waals surface area contributed by atoms with Gasteiger partial charge < -0.3 is 15.2 Å². The van der Waals surface area contributed by atoms with Crippen molar-refractivity contribution >= 4 is 5.91 Å². The molecule has 1 amide bonds. The van der Waals surface area contributed by atoms with Crippen molar-refractivity contribution in [3.8, 4) is 0 Å². The van der Waals surface area contributed by atoms with Crippen LogP contribution in [0.15, 0.2) is 0 Å². The van der Waals surface area contributed by atoms with E-state index in [0.29, 0.717) is 0 Å². The SMILES string of the molecule is COC(C)(C)OC(C)C(N)=O. The lowest BCUT2D eigenvalue weighted by Crippen LogP contribution is -2.38. The molecule has 4 nitrogen and oxygen atoms in total. The summed E-state index contributed by atoms with van der Waals surface area (Å²) in [6.45, 7) is 5.02. The van der Waals surface area contributed by atoms with Gasteiger partial charge in [-0.3, -0.25) is 4.79 Å². The summed E-state index contributed by atoms with van der Waals surface area (Å²) in [4.78, 5) is 10.5. The minimum atomic E-state index is -0.756. The number of carbonyl (C=O) groups is 1.